The Morgan fingerprint density at radius 3 is 1.34 bits per heavy atom. The van der Waals surface area contributed by atoms with Gasteiger partial charge in [0.2, 0.25) is 29.5 Å². The molecule has 1 aromatic rings. The van der Waals surface area contributed by atoms with E-state index in [4.69, 9.17) is 4.74 Å². The summed E-state index contributed by atoms with van der Waals surface area (Å²) in [4.78, 5) is 102. The number of hydrogen-bond donors (Lipinski definition) is 3. The van der Waals surface area contributed by atoms with Crippen molar-refractivity contribution in [3.8, 4) is 0 Å². The Kier molecular flexibility index (Phi) is 18.5. The highest BCUT2D eigenvalue weighted by Gasteiger charge is 2.40. The minimum absolute atomic E-state index is 0.0319. The summed E-state index contributed by atoms with van der Waals surface area (Å²) in [5.74, 6) is -4.45. The fourth-order valence-corrected chi connectivity index (χ4v) is 6.75. The van der Waals surface area contributed by atoms with Crippen LogP contribution in [-0.2, 0) is 44.7 Å². The molecule has 7 atom stereocenters. The molecule has 1 heterocycles. The number of likely N-dealkylation sites (N-methyl/N-ethyl adjacent to an activating group) is 3. The number of cyclic esters (lactones) is 1. The molecule has 2 rings (SSSR count). The van der Waals surface area contributed by atoms with E-state index in [2.05, 4.69) is 16.0 Å². The zero-order valence-electron chi connectivity index (χ0n) is 35.9. The average Bonchev–Trinajstić information content (AvgIpc) is 3.12. The van der Waals surface area contributed by atoms with Crippen molar-refractivity contribution in [1.82, 2.24) is 30.7 Å². The predicted octanol–water partition coefficient (Wildman–Crippen LogP) is 3.31. The van der Waals surface area contributed by atoms with Gasteiger partial charge in [-0.15, -0.1) is 0 Å². The molecule has 56 heavy (non-hydrogen) atoms. The standard InChI is InChI=1S/C42H68N6O8/c1-24(2)19-31-39(52)46(11)28(9)42(55)56-29(10)36(49)43-32(20-25(3)4)40(53)47(12)34(22-27(7)8)37(50)45-33(21-26(5)6)41(54)48(13)35(38(51)44-31)23-30-17-15-14-16-18-30/h14-18,24-29,31-35H,19-23H2,1-13H3,(H,43,49)(H,44,51)(H,45,50)/t28-,29+,31-,32-,33-,34-,35-/m0/s1. The van der Waals surface area contributed by atoms with E-state index in [1.165, 1.54) is 49.7 Å². The number of nitrogens with one attached hydrogen (secondary N) is 3. The van der Waals surface area contributed by atoms with Gasteiger partial charge in [-0.1, -0.05) is 85.7 Å². The number of nitrogens with zero attached hydrogens (tertiary/aromatic N) is 3. The number of carbonyl (C=O) groups excluding carboxylic acids is 7. The van der Waals surface area contributed by atoms with Crippen LogP contribution in [-0.4, -0.2) is 120 Å². The average molecular weight is 785 g/mol. The van der Waals surface area contributed by atoms with Crippen LogP contribution in [0, 0.1) is 23.7 Å². The third-order valence-corrected chi connectivity index (χ3v) is 10.1. The van der Waals surface area contributed by atoms with Crippen LogP contribution >= 0.6 is 0 Å². The van der Waals surface area contributed by atoms with E-state index in [1.807, 2.05) is 85.7 Å². The van der Waals surface area contributed by atoms with Gasteiger partial charge in [0.25, 0.3) is 5.91 Å². The minimum Gasteiger partial charge on any atom is -0.451 e. The Morgan fingerprint density at radius 1 is 0.536 bits per heavy atom. The fourth-order valence-electron chi connectivity index (χ4n) is 6.75. The number of rotatable bonds is 10. The molecule has 0 unspecified atom stereocenters. The number of hydrogen-bond acceptors (Lipinski definition) is 8. The SMILES string of the molecule is CC(C)C[C@@H]1NC(=O)[C@H](Cc2ccccc2)N(C)C(=O)[C@H](CC(C)C)NC(=O)[C@H](CC(C)C)N(C)C(=O)[C@H](CC(C)C)NC(=O)[C@@H](C)OC(=O)[C@H](C)N(C)C1=O. The predicted molar refractivity (Wildman–Crippen MR) is 215 cm³/mol. The summed E-state index contributed by atoms with van der Waals surface area (Å²) in [6, 6.07) is 2.75. The first-order valence-corrected chi connectivity index (χ1v) is 20.0. The van der Waals surface area contributed by atoms with Crippen molar-refractivity contribution in [3.05, 3.63) is 35.9 Å². The molecule has 14 nitrogen and oxygen atoms in total. The van der Waals surface area contributed by atoms with Crippen molar-refractivity contribution in [3.63, 3.8) is 0 Å². The van der Waals surface area contributed by atoms with Gasteiger partial charge in [-0.05, 0) is 68.8 Å². The van der Waals surface area contributed by atoms with Gasteiger partial charge in [-0.3, -0.25) is 28.8 Å². The van der Waals surface area contributed by atoms with Gasteiger partial charge in [0, 0.05) is 27.6 Å². The molecule has 14 heteroatoms. The zero-order valence-corrected chi connectivity index (χ0v) is 35.9. The third kappa shape index (κ3) is 13.9. The summed E-state index contributed by atoms with van der Waals surface area (Å²) in [5, 5.41) is 8.55. The highest BCUT2D eigenvalue weighted by molar-refractivity contribution is 5.97. The van der Waals surface area contributed by atoms with Crippen LogP contribution in [0.5, 0.6) is 0 Å². The molecule has 1 aromatic carbocycles. The van der Waals surface area contributed by atoms with E-state index in [0.29, 0.717) is 0 Å². The van der Waals surface area contributed by atoms with E-state index in [9.17, 15) is 33.6 Å². The maximum Gasteiger partial charge on any atom is 0.329 e. The molecular formula is C42H68N6O8. The van der Waals surface area contributed by atoms with Crippen LogP contribution in [0.2, 0.25) is 0 Å². The maximum absolute atomic E-state index is 14.5. The number of amides is 6. The van der Waals surface area contributed by atoms with E-state index in [1.54, 1.807) is 0 Å². The Balaban J connectivity index is 2.79. The Hall–Kier alpha value is -4.49. The third-order valence-electron chi connectivity index (χ3n) is 10.1. The fraction of sp³-hybridized carbons (Fsp3) is 0.690. The van der Waals surface area contributed by atoms with Gasteiger partial charge in [0.1, 0.15) is 36.3 Å². The summed E-state index contributed by atoms with van der Waals surface area (Å²) in [7, 11) is 4.43. The van der Waals surface area contributed by atoms with Gasteiger partial charge in [0.15, 0.2) is 6.10 Å². The molecule has 0 aliphatic carbocycles. The number of benzene rings is 1. The van der Waals surface area contributed by atoms with Crippen LogP contribution in [0.4, 0.5) is 0 Å². The van der Waals surface area contributed by atoms with Crippen molar-refractivity contribution in [1.29, 1.82) is 0 Å². The second-order valence-corrected chi connectivity index (χ2v) is 17.0. The van der Waals surface area contributed by atoms with Crippen LogP contribution < -0.4 is 16.0 Å². The molecule has 314 valence electrons. The molecule has 0 saturated carbocycles. The van der Waals surface area contributed by atoms with Crippen molar-refractivity contribution in [2.45, 2.75) is 144 Å². The van der Waals surface area contributed by atoms with Crippen LogP contribution in [0.15, 0.2) is 30.3 Å². The molecule has 1 fully saturated rings. The monoisotopic (exact) mass is 785 g/mol. The summed E-state index contributed by atoms with van der Waals surface area (Å²) < 4.78 is 5.52. The van der Waals surface area contributed by atoms with Gasteiger partial charge in [-0.25, -0.2) is 4.79 Å². The number of carbonyl (C=O) groups is 7. The first-order valence-electron chi connectivity index (χ1n) is 20.0. The van der Waals surface area contributed by atoms with Gasteiger partial charge < -0.3 is 35.4 Å². The second-order valence-electron chi connectivity index (χ2n) is 17.0. The molecule has 0 radical (unpaired) electrons. The molecule has 1 saturated heterocycles. The lowest BCUT2D eigenvalue weighted by Crippen LogP contribution is -2.60. The molecular weight excluding hydrogens is 716 g/mol. The van der Waals surface area contributed by atoms with Gasteiger partial charge in [-0.2, -0.15) is 0 Å². The van der Waals surface area contributed by atoms with E-state index < -0.39 is 83.8 Å². The number of esters is 1. The minimum atomic E-state index is -1.33. The smallest absolute Gasteiger partial charge is 0.329 e. The maximum atomic E-state index is 14.5. The van der Waals surface area contributed by atoms with Crippen LogP contribution in [0.1, 0.15) is 100 Å². The van der Waals surface area contributed by atoms with Crippen LogP contribution in [0.3, 0.4) is 0 Å². The lowest BCUT2D eigenvalue weighted by Gasteiger charge is -2.35. The topological polar surface area (TPSA) is 175 Å². The van der Waals surface area contributed by atoms with E-state index in [-0.39, 0.29) is 55.8 Å². The molecule has 0 spiro atoms. The first kappa shape index (κ1) is 47.7. The van der Waals surface area contributed by atoms with Crippen molar-refractivity contribution in [2.24, 2.45) is 23.7 Å². The Labute approximate surface area is 334 Å². The normalized spacial score (nSPS) is 26.1. The summed E-state index contributed by atoms with van der Waals surface area (Å²) in [6.45, 7) is 18.1. The second kappa shape index (κ2) is 21.7. The Bertz CT molecular complexity index is 1520. The Morgan fingerprint density at radius 2 is 0.911 bits per heavy atom. The van der Waals surface area contributed by atoms with E-state index >= 15 is 0 Å². The molecule has 1 aliphatic rings. The number of ether oxygens (including phenoxy) is 1. The lowest BCUT2D eigenvalue weighted by atomic mass is 9.96. The zero-order chi connectivity index (χ0) is 42.6. The lowest BCUT2D eigenvalue weighted by molar-refractivity contribution is -0.162. The van der Waals surface area contributed by atoms with Crippen LogP contribution in [0.25, 0.3) is 0 Å². The van der Waals surface area contributed by atoms with Gasteiger partial charge in [0.05, 0.1) is 0 Å². The highest BCUT2D eigenvalue weighted by atomic mass is 16.5. The van der Waals surface area contributed by atoms with Crippen molar-refractivity contribution in [2.75, 3.05) is 21.1 Å². The van der Waals surface area contributed by atoms with Crippen molar-refractivity contribution >= 4 is 41.4 Å². The quantitative estimate of drug-likeness (QED) is 0.303. The molecule has 1 aliphatic heterocycles. The molecule has 6 amide bonds. The van der Waals surface area contributed by atoms with Gasteiger partial charge >= 0.3 is 5.97 Å². The van der Waals surface area contributed by atoms with E-state index in [0.717, 1.165) is 5.56 Å². The molecule has 3 N–H and O–H groups in total. The summed E-state index contributed by atoms with van der Waals surface area (Å²) >= 11 is 0. The highest BCUT2D eigenvalue weighted by Crippen LogP contribution is 2.19. The largest absolute Gasteiger partial charge is 0.451 e. The first-order chi connectivity index (χ1) is 26.0. The summed E-state index contributed by atoms with van der Waals surface area (Å²) in [6.07, 6.45) is -0.239. The summed E-state index contributed by atoms with van der Waals surface area (Å²) in [5.41, 5.74) is 0.771. The molecule has 0 aromatic heterocycles. The van der Waals surface area contributed by atoms with Crippen molar-refractivity contribution < 1.29 is 38.3 Å². The molecule has 0 bridgehead atoms.